The van der Waals surface area contributed by atoms with Gasteiger partial charge in [-0.3, -0.25) is 9.59 Å². The van der Waals surface area contributed by atoms with Gasteiger partial charge in [0, 0.05) is 19.1 Å². The molecule has 1 heterocycles. The van der Waals surface area contributed by atoms with Crippen LogP contribution in [0.4, 0.5) is 0 Å². The highest BCUT2D eigenvalue weighted by molar-refractivity contribution is 6.53. The van der Waals surface area contributed by atoms with Crippen LogP contribution in [-0.2, 0) is 4.79 Å². The predicted molar refractivity (Wildman–Crippen MR) is 85.6 cm³/mol. The van der Waals surface area contributed by atoms with E-state index in [1.807, 2.05) is 6.07 Å². The van der Waals surface area contributed by atoms with Crippen LogP contribution >= 0.6 is 23.2 Å². The molecule has 2 rings (SSSR count). The quantitative estimate of drug-likeness (QED) is 0.852. The number of benzene rings is 1. The second-order valence-corrected chi connectivity index (χ2v) is 6.17. The van der Waals surface area contributed by atoms with Crippen LogP contribution in [0.1, 0.15) is 23.2 Å². The summed E-state index contributed by atoms with van der Waals surface area (Å²) < 4.78 is 5.19. The molecule has 0 saturated carbocycles. The molecule has 1 saturated heterocycles. The van der Waals surface area contributed by atoms with Crippen LogP contribution in [0.2, 0.25) is 0 Å². The Morgan fingerprint density at radius 1 is 1.27 bits per heavy atom. The van der Waals surface area contributed by atoms with Crippen molar-refractivity contribution in [1.29, 1.82) is 0 Å². The second kappa shape index (κ2) is 7.70. The van der Waals surface area contributed by atoms with Crippen LogP contribution in [0.25, 0.3) is 0 Å². The van der Waals surface area contributed by atoms with Gasteiger partial charge in [0.05, 0.1) is 12.7 Å². The van der Waals surface area contributed by atoms with E-state index in [0.29, 0.717) is 37.2 Å². The lowest BCUT2D eigenvalue weighted by molar-refractivity contribution is -0.130. The molecule has 0 radical (unpaired) electrons. The van der Waals surface area contributed by atoms with Crippen LogP contribution in [0, 0.1) is 0 Å². The number of nitrogens with zero attached hydrogens (tertiary/aromatic N) is 1. The van der Waals surface area contributed by atoms with Gasteiger partial charge in [-0.25, -0.2) is 0 Å². The van der Waals surface area contributed by atoms with E-state index < -0.39 is 4.84 Å². The van der Waals surface area contributed by atoms with Crippen molar-refractivity contribution < 1.29 is 14.3 Å². The monoisotopic (exact) mass is 344 g/mol. The summed E-state index contributed by atoms with van der Waals surface area (Å²) in [5.41, 5.74) is 0.505. The molecule has 1 aromatic carbocycles. The van der Waals surface area contributed by atoms with E-state index in [1.54, 1.807) is 23.1 Å². The first-order valence-corrected chi connectivity index (χ1v) is 7.91. The first-order chi connectivity index (χ1) is 10.5. The topological polar surface area (TPSA) is 58.6 Å². The fourth-order valence-electron chi connectivity index (χ4n) is 2.48. The van der Waals surface area contributed by atoms with E-state index in [-0.39, 0.29) is 17.9 Å². The van der Waals surface area contributed by atoms with Crippen molar-refractivity contribution in [2.24, 2.45) is 0 Å². The Labute approximate surface area is 139 Å². The first-order valence-electron chi connectivity index (χ1n) is 7.03. The Morgan fingerprint density at radius 3 is 2.50 bits per heavy atom. The standard InChI is InChI=1S/C15H18Cl2N2O3/c1-22-12-5-3-2-4-11(12)14(20)18-10-6-8-19(9-7-10)15(21)13(16)17/h2-5,10,13H,6-9H2,1H3,(H,18,20). The van der Waals surface area contributed by atoms with Gasteiger partial charge in [-0.15, -0.1) is 0 Å². The highest BCUT2D eigenvalue weighted by Gasteiger charge is 2.27. The van der Waals surface area contributed by atoms with Crippen molar-refractivity contribution in [2.45, 2.75) is 23.7 Å². The zero-order chi connectivity index (χ0) is 16.1. The summed E-state index contributed by atoms with van der Waals surface area (Å²) in [4.78, 5) is 24.6. The maximum Gasteiger partial charge on any atom is 0.255 e. The summed E-state index contributed by atoms with van der Waals surface area (Å²) >= 11 is 11.2. The lowest BCUT2D eigenvalue weighted by Crippen LogP contribution is -2.47. The molecule has 22 heavy (non-hydrogen) atoms. The van der Waals surface area contributed by atoms with Gasteiger partial charge in [0.2, 0.25) is 0 Å². The molecule has 1 aromatic rings. The van der Waals surface area contributed by atoms with Crippen LogP contribution in [0.5, 0.6) is 5.75 Å². The van der Waals surface area contributed by atoms with Crippen molar-refractivity contribution >= 4 is 35.0 Å². The summed E-state index contributed by atoms with van der Waals surface area (Å²) in [7, 11) is 1.53. The normalized spacial score (nSPS) is 15.7. The Kier molecular flexibility index (Phi) is 5.91. The van der Waals surface area contributed by atoms with Crippen molar-refractivity contribution in [3.63, 3.8) is 0 Å². The largest absolute Gasteiger partial charge is 0.496 e. The van der Waals surface area contributed by atoms with Crippen molar-refractivity contribution in [3.8, 4) is 5.75 Å². The molecule has 7 heteroatoms. The van der Waals surface area contributed by atoms with Crippen molar-refractivity contribution in [1.82, 2.24) is 10.2 Å². The number of carbonyl (C=O) groups excluding carboxylic acids is 2. The molecule has 1 aliphatic rings. The minimum Gasteiger partial charge on any atom is -0.496 e. The van der Waals surface area contributed by atoms with Crippen LogP contribution in [0.15, 0.2) is 24.3 Å². The van der Waals surface area contributed by atoms with Crippen molar-refractivity contribution in [3.05, 3.63) is 29.8 Å². The average Bonchev–Trinajstić information content (AvgIpc) is 2.54. The molecule has 0 aromatic heterocycles. The number of methoxy groups -OCH3 is 1. The maximum absolute atomic E-state index is 12.3. The minimum absolute atomic E-state index is 0.0190. The number of alkyl halides is 2. The number of nitrogens with one attached hydrogen (secondary N) is 1. The predicted octanol–water partition coefficient (Wildman–Crippen LogP) is 2.22. The Balaban J connectivity index is 1.91. The van der Waals surface area contributed by atoms with Gasteiger partial charge in [-0.2, -0.15) is 0 Å². The van der Waals surface area contributed by atoms with Gasteiger partial charge in [0.1, 0.15) is 5.75 Å². The zero-order valence-corrected chi connectivity index (χ0v) is 13.7. The first kappa shape index (κ1) is 16.9. The van der Waals surface area contributed by atoms with E-state index in [9.17, 15) is 9.59 Å². The summed E-state index contributed by atoms with van der Waals surface area (Å²) in [5.74, 6) is 0.0902. The molecular weight excluding hydrogens is 327 g/mol. The fraction of sp³-hybridized carbons (Fsp3) is 0.467. The third-order valence-corrected chi connectivity index (χ3v) is 4.05. The third-order valence-electron chi connectivity index (χ3n) is 3.68. The maximum atomic E-state index is 12.3. The highest BCUT2D eigenvalue weighted by atomic mass is 35.5. The Morgan fingerprint density at radius 2 is 1.91 bits per heavy atom. The average molecular weight is 345 g/mol. The van der Waals surface area contributed by atoms with Gasteiger partial charge in [-0.1, -0.05) is 35.3 Å². The fourth-order valence-corrected chi connectivity index (χ4v) is 2.75. The van der Waals surface area contributed by atoms with Gasteiger partial charge < -0.3 is 15.0 Å². The number of para-hydroxylation sites is 1. The lowest BCUT2D eigenvalue weighted by atomic mass is 10.0. The second-order valence-electron chi connectivity index (χ2n) is 5.07. The van der Waals surface area contributed by atoms with Gasteiger partial charge in [0.25, 0.3) is 11.8 Å². The molecule has 0 aliphatic carbocycles. The van der Waals surface area contributed by atoms with E-state index in [4.69, 9.17) is 27.9 Å². The Bertz CT molecular complexity index is 543. The molecule has 5 nitrogen and oxygen atoms in total. The van der Waals surface area contributed by atoms with E-state index >= 15 is 0 Å². The number of hydrogen-bond donors (Lipinski definition) is 1. The zero-order valence-electron chi connectivity index (χ0n) is 12.2. The van der Waals surface area contributed by atoms with Gasteiger partial charge in [0.15, 0.2) is 4.84 Å². The van der Waals surface area contributed by atoms with Crippen LogP contribution < -0.4 is 10.1 Å². The van der Waals surface area contributed by atoms with Gasteiger partial charge >= 0.3 is 0 Å². The summed E-state index contributed by atoms with van der Waals surface area (Å²) in [5, 5.41) is 2.98. The molecule has 2 amide bonds. The number of hydrogen-bond acceptors (Lipinski definition) is 3. The van der Waals surface area contributed by atoms with E-state index in [0.717, 1.165) is 0 Å². The van der Waals surface area contributed by atoms with Gasteiger partial charge in [-0.05, 0) is 25.0 Å². The lowest BCUT2D eigenvalue weighted by Gasteiger charge is -2.32. The van der Waals surface area contributed by atoms with Crippen LogP contribution in [0.3, 0.4) is 0 Å². The number of likely N-dealkylation sites (tertiary alicyclic amines) is 1. The van der Waals surface area contributed by atoms with E-state index in [1.165, 1.54) is 7.11 Å². The molecule has 0 atom stereocenters. The molecule has 1 aliphatic heterocycles. The molecule has 0 unspecified atom stereocenters. The molecule has 120 valence electrons. The molecule has 0 spiro atoms. The minimum atomic E-state index is -1.03. The molecule has 1 N–H and O–H groups in total. The summed E-state index contributed by atoms with van der Waals surface area (Å²) in [6, 6.07) is 7.09. The molecular formula is C15H18Cl2N2O3. The number of ether oxygens (including phenoxy) is 1. The number of carbonyl (C=O) groups is 2. The number of halogens is 2. The summed E-state index contributed by atoms with van der Waals surface area (Å²) in [6.07, 6.45) is 1.35. The van der Waals surface area contributed by atoms with E-state index in [2.05, 4.69) is 5.32 Å². The molecule has 1 fully saturated rings. The van der Waals surface area contributed by atoms with Crippen molar-refractivity contribution in [2.75, 3.05) is 20.2 Å². The third kappa shape index (κ3) is 4.05. The smallest absolute Gasteiger partial charge is 0.255 e. The number of amides is 2. The summed E-state index contributed by atoms with van der Waals surface area (Å²) in [6.45, 7) is 1.07. The Hall–Kier alpha value is -1.46. The van der Waals surface area contributed by atoms with Crippen LogP contribution in [-0.4, -0.2) is 47.8 Å². The number of piperidine rings is 1. The SMILES string of the molecule is COc1ccccc1C(=O)NC1CCN(C(=O)C(Cl)Cl)CC1. The molecule has 0 bridgehead atoms. The highest BCUT2D eigenvalue weighted by Crippen LogP contribution is 2.19. The number of rotatable bonds is 4.